The van der Waals surface area contributed by atoms with Gasteiger partial charge in [0.25, 0.3) is 5.56 Å². The molecule has 3 N–H and O–H groups in total. The molecular weight excluding hydrogens is 196 g/mol. The van der Waals surface area contributed by atoms with E-state index in [1.165, 1.54) is 12.5 Å². The third kappa shape index (κ3) is 2.27. The van der Waals surface area contributed by atoms with Crippen molar-refractivity contribution >= 4 is 11.6 Å². The summed E-state index contributed by atoms with van der Waals surface area (Å²) in [4.78, 5) is 17.0. The molecule has 0 spiro atoms. The van der Waals surface area contributed by atoms with Crippen LogP contribution in [0.15, 0.2) is 17.3 Å². The Morgan fingerprint density at radius 2 is 2.31 bits per heavy atom. The first-order valence-corrected chi connectivity index (χ1v) is 4.15. The van der Waals surface area contributed by atoms with E-state index in [9.17, 15) is 9.90 Å². The van der Waals surface area contributed by atoms with Crippen LogP contribution in [0.5, 0.6) is 0 Å². The predicted molar refractivity (Wildman–Crippen MR) is 46.5 cm³/mol. The molecule has 0 saturated heterocycles. The van der Waals surface area contributed by atoms with Crippen molar-refractivity contribution in [1.29, 1.82) is 0 Å². The molecule has 5 nitrogen and oxygen atoms in total. The Morgan fingerprint density at radius 3 is 2.85 bits per heavy atom. The fourth-order valence-electron chi connectivity index (χ4n) is 0.858. The van der Waals surface area contributed by atoms with Gasteiger partial charge in [-0.25, -0.2) is 4.98 Å². The van der Waals surface area contributed by atoms with Crippen molar-refractivity contribution in [3.63, 3.8) is 0 Å². The number of nitrogens with one attached hydrogen (secondary N) is 1. The van der Waals surface area contributed by atoms with Crippen molar-refractivity contribution in [2.45, 2.75) is 12.2 Å². The second kappa shape index (κ2) is 4.36. The molecule has 0 saturated carbocycles. The lowest BCUT2D eigenvalue weighted by atomic mass is 10.1. The van der Waals surface area contributed by atoms with Crippen LogP contribution < -0.4 is 5.56 Å². The van der Waals surface area contributed by atoms with Crippen molar-refractivity contribution in [1.82, 2.24) is 9.97 Å². The number of halogens is 1. The minimum absolute atomic E-state index is 0.00986. The lowest BCUT2D eigenvalue weighted by molar-refractivity contribution is 0.0316. The summed E-state index contributed by atoms with van der Waals surface area (Å²) in [5.41, 5.74) is -0.470. The molecule has 1 heterocycles. The van der Waals surface area contributed by atoms with Crippen LogP contribution in [0.25, 0.3) is 0 Å². The number of aliphatic hydroxyl groups is 2. The standard InChI is InChI=1S/C7H9ClN2O3/c8-1-5(11)6(12)4-2-9-3-10-7(4)13/h2-3,5-6,11-12H,1H2,(H,9,10,13). The van der Waals surface area contributed by atoms with E-state index in [0.717, 1.165) is 0 Å². The number of aliphatic hydroxyl groups excluding tert-OH is 2. The zero-order valence-electron chi connectivity index (χ0n) is 6.64. The molecule has 0 fully saturated rings. The maximum absolute atomic E-state index is 11.1. The first-order valence-electron chi connectivity index (χ1n) is 3.61. The van der Waals surface area contributed by atoms with Gasteiger partial charge in [-0.05, 0) is 0 Å². The molecule has 72 valence electrons. The average Bonchev–Trinajstić information content (AvgIpc) is 2.16. The number of nitrogens with zero attached hydrogens (tertiary/aromatic N) is 1. The molecule has 2 unspecified atom stereocenters. The van der Waals surface area contributed by atoms with Crippen LogP contribution in [0.1, 0.15) is 11.7 Å². The summed E-state index contributed by atoms with van der Waals surface area (Å²) in [5, 5.41) is 18.5. The van der Waals surface area contributed by atoms with Crippen LogP contribution in [0.4, 0.5) is 0 Å². The van der Waals surface area contributed by atoms with E-state index in [4.69, 9.17) is 16.7 Å². The molecule has 1 aromatic rings. The van der Waals surface area contributed by atoms with E-state index >= 15 is 0 Å². The van der Waals surface area contributed by atoms with E-state index in [2.05, 4.69) is 9.97 Å². The van der Waals surface area contributed by atoms with E-state index in [1.54, 1.807) is 0 Å². The summed E-state index contributed by atoms with van der Waals surface area (Å²) in [6, 6.07) is 0. The summed E-state index contributed by atoms with van der Waals surface area (Å²) < 4.78 is 0. The normalized spacial score (nSPS) is 15.3. The van der Waals surface area contributed by atoms with Gasteiger partial charge in [0.15, 0.2) is 0 Å². The van der Waals surface area contributed by atoms with Crippen molar-refractivity contribution in [3.05, 3.63) is 28.4 Å². The monoisotopic (exact) mass is 204 g/mol. The molecule has 0 aliphatic rings. The average molecular weight is 205 g/mol. The van der Waals surface area contributed by atoms with Crippen LogP contribution >= 0.6 is 11.6 Å². The fourth-order valence-corrected chi connectivity index (χ4v) is 1.03. The molecule has 6 heteroatoms. The Hall–Kier alpha value is -0.910. The quantitative estimate of drug-likeness (QED) is 0.574. The topological polar surface area (TPSA) is 86.2 Å². The molecule has 0 amide bonds. The predicted octanol–water partition coefficient (Wildman–Crippen LogP) is -0.597. The highest BCUT2D eigenvalue weighted by atomic mass is 35.5. The number of hydrogen-bond donors (Lipinski definition) is 3. The van der Waals surface area contributed by atoms with Crippen molar-refractivity contribution in [3.8, 4) is 0 Å². The van der Waals surface area contributed by atoms with Gasteiger partial charge in [0.1, 0.15) is 6.10 Å². The van der Waals surface area contributed by atoms with Crippen LogP contribution in [0.2, 0.25) is 0 Å². The van der Waals surface area contributed by atoms with Gasteiger partial charge in [-0.1, -0.05) is 0 Å². The summed E-state index contributed by atoms with van der Waals surface area (Å²) in [6.45, 7) is 0. The summed E-state index contributed by atoms with van der Waals surface area (Å²) in [7, 11) is 0. The highest BCUT2D eigenvalue weighted by Gasteiger charge is 2.19. The maximum atomic E-state index is 11.1. The van der Waals surface area contributed by atoms with E-state index in [1.807, 2.05) is 0 Å². The van der Waals surface area contributed by atoms with E-state index in [0.29, 0.717) is 0 Å². The maximum Gasteiger partial charge on any atom is 0.256 e. The van der Waals surface area contributed by atoms with Gasteiger partial charge in [0, 0.05) is 6.20 Å². The number of H-pyrrole nitrogens is 1. The number of aromatic amines is 1. The number of hydrogen-bond acceptors (Lipinski definition) is 4. The largest absolute Gasteiger partial charge is 0.389 e. The Labute approximate surface area is 79.0 Å². The summed E-state index contributed by atoms with van der Waals surface area (Å²) in [6.07, 6.45) is -0.0628. The first kappa shape index (κ1) is 10.2. The molecule has 13 heavy (non-hydrogen) atoms. The second-order valence-electron chi connectivity index (χ2n) is 2.50. The lowest BCUT2D eigenvalue weighted by Crippen LogP contribution is -2.26. The van der Waals surface area contributed by atoms with Crippen LogP contribution in [-0.2, 0) is 0 Å². The molecule has 1 rings (SSSR count). The highest BCUT2D eigenvalue weighted by Crippen LogP contribution is 2.12. The molecule has 0 bridgehead atoms. The van der Waals surface area contributed by atoms with Gasteiger partial charge < -0.3 is 15.2 Å². The van der Waals surface area contributed by atoms with Gasteiger partial charge >= 0.3 is 0 Å². The van der Waals surface area contributed by atoms with Crippen LogP contribution in [0, 0.1) is 0 Å². The lowest BCUT2D eigenvalue weighted by Gasteiger charge is -2.13. The Bertz CT molecular complexity index is 328. The van der Waals surface area contributed by atoms with Crippen LogP contribution in [-0.4, -0.2) is 32.2 Å². The SMILES string of the molecule is O=c1[nH]cncc1C(O)C(O)CCl. The molecular formula is C7H9ClN2O3. The van der Waals surface area contributed by atoms with Gasteiger partial charge in [0.05, 0.1) is 23.9 Å². The summed E-state index contributed by atoms with van der Waals surface area (Å²) in [5.74, 6) is -0.143. The zero-order chi connectivity index (χ0) is 9.84. The summed E-state index contributed by atoms with van der Waals surface area (Å²) >= 11 is 5.31. The van der Waals surface area contributed by atoms with Gasteiger partial charge in [-0.3, -0.25) is 4.79 Å². The fraction of sp³-hybridized carbons (Fsp3) is 0.429. The van der Waals surface area contributed by atoms with Crippen molar-refractivity contribution in [2.75, 3.05) is 5.88 Å². The van der Waals surface area contributed by atoms with Gasteiger partial charge in [-0.15, -0.1) is 11.6 Å². The molecule has 1 aromatic heterocycles. The number of alkyl halides is 1. The minimum Gasteiger partial charge on any atom is -0.389 e. The Balaban J connectivity index is 2.95. The molecule has 0 radical (unpaired) electrons. The van der Waals surface area contributed by atoms with E-state index < -0.39 is 17.8 Å². The molecule has 2 atom stereocenters. The van der Waals surface area contributed by atoms with Gasteiger partial charge in [-0.2, -0.15) is 0 Å². The zero-order valence-corrected chi connectivity index (χ0v) is 7.40. The highest BCUT2D eigenvalue weighted by molar-refractivity contribution is 6.18. The van der Waals surface area contributed by atoms with E-state index in [-0.39, 0.29) is 11.4 Å². The van der Waals surface area contributed by atoms with Crippen molar-refractivity contribution in [2.24, 2.45) is 0 Å². The molecule has 0 aliphatic heterocycles. The number of aromatic nitrogens is 2. The van der Waals surface area contributed by atoms with Crippen LogP contribution in [0.3, 0.4) is 0 Å². The van der Waals surface area contributed by atoms with Crippen molar-refractivity contribution < 1.29 is 10.2 Å². The Kier molecular flexibility index (Phi) is 3.41. The second-order valence-corrected chi connectivity index (χ2v) is 2.81. The Morgan fingerprint density at radius 1 is 1.62 bits per heavy atom. The first-order chi connectivity index (χ1) is 6.16. The third-order valence-corrected chi connectivity index (χ3v) is 1.90. The molecule has 0 aromatic carbocycles. The third-order valence-electron chi connectivity index (χ3n) is 1.59. The minimum atomic E-state index is -1.30. The molecule has 0 aliphatic carbocycles. The van der Waals surface area contributed by atoms with Gasteiger partial charge in [0.2, 0.25) is 0 Å². The smallest absolute Gasteiger partial charge is 0.256 e. The number of rotatable bonds is 3.